The van der Waals surface area contributed by atoms with Gasteiger partial charge >= 0.3 is 0 Å². The van der Waals surface area contributed by atoms with E-state index in [9.17, 15) is 0 Å². The average Bonchev–Trinajstić information content (AvgIpc) is 3.40. The van der Waals surface area contributed by atoms with Crippen LogP contribution in [0.15, 0.2) is 53.5 Å². The minimum atomic E-state index is 0.316. The molecule has 0 aromatic heterocycles. The number of fused-ring (bicyclic) bond motifs is 1. The van der Waals surface area contributed by atoms with Crippen LogP contribution >= 0.6 is 0 Å². The number of nitrogens with zero attached hydrogens (tertiary/aromatic N) is 2. The van der Waals surface area contributed by atoms with Gasteiger partial charge in [-0.25, -0.2) is 0 Å². The highest BCUT2D eigenvalue weighted by Gasteiger charge is 2.22. The molecule has 2 N–H and O–H groups in total. The number of rotatable bonds is 6. The van der Waals surface area contributed by atoms with Crippen molar-refractivity contribution in [1.29, 1.82) is 0 Å². The molecule has 6 heteroatoms. The minimum Gasteiger partial charge on any atom is -0.454 e. The molecule has 0 bridgehead atoms. The standard InChI is InChI=1S/C22H28N4O2/c1-23-22(24-11-9-17-7-8-20-21(13-17)28-16-27-20)25-14-18-10-12-26(15-18)19-5-3-2-4-6-19/h2-8,13,18H,9-12,14-16H2,1H3,(H2,23,24,25). The summed E-state index contributed by atoms with van der Waals surface area (Å²) in [5, 5.41) is 6.88. The fourth-order valence-electron chi connectivity index (χ4n) is 3.76. The van der Waals surface area contributed by atoms with Gasteiger partial charge in [0.15, 0.2) is 17.5 Å². The molecule has 2 aromatic rings. The van der Waals surface area contributed by atoms with E-state index in [2.05, 4.69) is 63.0 Å². The van der Waals surface area contributed by atoms with E-state index < -0.39 is 0 Å². The summed E-state index contributed by atoms with van der Waals surface area (Å²) in [5.74, 6) is 3.16. The molecule has 0 amide bonds. The molecule has 2 heterocycles. The summed E-state index contributed by atoms with van der Waals surface area (Å²) in [4.78, 5) is 6.81. The van der Waals surface area contributed by atoms with Crippen LogP contribution in [0.5, 0.6) is 11.5 Å². The maximum absolute atomic E-state index is 5.44. The number of para-hydroxylation sites is 1. The molecule has 2 aliphatic heterocycles. The van der Waals surface area contributed by atoms with E-state index in [1.165, 1.54) is 17.7 Å². The van der Waals surface area contributed by atoms with Crippen LogP contribution in [0.3, 0.4) is 0 Å². The summed E-state index contributed by atoms with van der Waals surface area (Å²) in [7, 11) is 1.82. The Balaban J connectivity index is 1.19. The Hall–Kier alpha value is -2.89. The fourth-order valence-corrected chi connectivity index (χ4v) is 3.76. The second-order valence-corrected chi connectivity index (χ2v) is 7.25. The summed E-state index contributed by atoms with van der Waals surface area (Å²) >= 11 is 0. The predicted octanol–water partition coefficient (Wildman–Crippen LogP) is 2.65. The van der Waals surface area contributed by atoms with Crippen LogP contribution in [0, 0.1) is 5.92 Å². The number of guanidine groups is 1. The third-order valence-corrected chi connectivity index (χ3v) is 5.33. The van der Waals surface area contributed by atoms with Crippen molar-refractivity contribution in [3.63, 3.8) is 0 Å². The molecule has 0 radical (unpaired) electrons. The Kier molecular flexibility index (Phi) is 5.85. The maximum atomic E-state index is 5.44. The van der Waals surface area contributed by atoms with Crippen LogP contribution in [0.2, 0.25) is 0 Å². The smallest absolute Gasteiger partial charge is 0.231 e. The molecule has 2 aliphatic rings. The molecular formula is C22H28N4O2. The van der Waals surface area contributed by atoms with E-state index in [4.69, 9.17) is 9.47 Å². The zero-order valence-corrected chi connectivity index (χ0v) is 16.4. The van der Waals surface area contributed by atoms with E-state index in [0.29, 0.717) is 12.7 Å². The van der Waals surface area contributed by atoms with Crippen molar-refractivity contribution in [2.75, 3.05) is 44.9 Å². The van der Waals surface area contributed by atoms with Crippen molar-refractivity contribution < 1.29 is 9.47 Å². The zero-order chi connectivity index (χ0) is 19.2. The highest BCUT2D eigenvalue weighted by molar-refractivity contribution is 5.79. The van der Waals surface area contributed by atoms with Crippen LogP contribution < -0.4 is 25.0 Å². The molecule has 0 aliphatic carbocycles. The van der Waals surface area contributed by atoms with Gasteiger partial charge in [0.25, 0.3) is 0 Å². The van der Waals surface area contributed by atoms with E-state index >= 15 is 0 Å². The lowest BCUT2D eigenvalue weighted by Gasteiger charge is -2.19. The van der Waals surface area contributed by atoms with Crippen LogP contribution in [0.25, 0.3) is 0 Å². The predicted molar refractivity (Wildman–Crippen MR) is 112 cm³/mol. The quantitative estimate of drug-likeness (QED) is 0.596. The lowest BCUT2D eigenvalue weighted by Crippen LogP contribution is -2.41. The molecule has 148 valence electrons. The van der Waals surface area contributed by atoms with Crippen molar-refractivity contribution in [3.8, 4) is 11.5 Å². The summed E-state index contributed by atoms with van der Waals surface area (Å²) in [6, 6.07) is 16.8. The highest BCUT2D eigenvalue weighted by Crippen LogP contribution is 2.32. The Morgan fingerprint density at radius 1 is 1.11 bits per heavy atom. The molecule has 28 heavy (non-hydrogen) atoms. The second kappa shape index (κ2) is 8.87. The Labute approximate surface area is 166 Å². The molecule has 1 unspecified atom stereocenters. The lowest BCUT2D eigenvalue weighted by molar-refractivity contribution is 0.174. The van der Waals surface area contributed by atoms with Crippen molar-refractivity contribution in [2.45, 2.75) is 12.8 Å². The van der Waals surface area contributed by atoms with Crippen molar-refractivity contribution in [1.82, 2.24) is 10.6 Å². The van der Waals surface area contributed by atoms with E-state index in [1.54, 1.807) is 0 Å². The first-order chi connectivity index (χ1) is 13.8. The molecule has 2 aromatic carbocycles. The van der Waals surface area contributed by atoms with Crippen LogP contribution in [0.1, 0.15) is 12.0 Å². The van der Waals surface area contributed by atoms with E-state index in [0.717, 1.165) is 50.1 Å². The van der Waals surface area contributed by atoms with E-state index in [1.807, 2.05) is 13.1 Å². The molecule has 6 nitrogen and oxygen atoms in total. The van der Waals surface area contributed by atoms with Gasteiger partial charge in [0.2, 0.25) is 6.79 Å². The average molecular weight is 380 g/mol. The molecule has 1 fully saturated rings. The lowest BCUT2D eigenvalue weighted by atomic mass is 10.1. The fraction of sp³-hybridized carbons (Fsp3) is 0.409. The molecule has 1 saturated heterocycles. The zero-order valence-electron chi connectivity index (χ0n) is 16.4. The van der Waals surface area contributed by atoms with Gasteiger partial charge in [-0.1, -0.05) is 24.3 Å². The Morgan fingerprint density at radius 2 is 1.96 bits per heavy atom. The SMILES string of the molecule is CN=C(NCCc1ccc2c(c1)OCO2)NCC1CCN(c2ccccc2)C1. The number of anilines is 1. The normalized spacial score (nSPS) is 18.4. The number of hydrogen-bond donors (Lipinski definition) is 2. The van der Waals surface area contributed by atoms with Gasteiger partial charge in [-0.3, -0.25) is 4.99 Å². The topological polar surface area (TPSA) is 58.1 Å². The van der Waals surface area contributed by atoms with Gasteiger partial charge in [0.05, 0.1) is 0 Å². The number of hydrogen-bond acceptors (Lipinski definition) is 4. The van der Waals surface area contributed by atoms with Gasteiger partial charge in [0.1, 0.15) is 0 Å². The third kappa shape index (κ3) is 4.50. The largest absolute Gasteiger partial charge is 0.454 e. The molecule has 0 spiro atoms. The first-order valence-electron chi connectivity index (χ1n) is 9.95. The van der Waals surface area contributed by atoms with Gasteiger partial charge < -0.3 is 25.0 Å². The highest BCUT2D eigenvalue weighted by atomic mass is 16.7. The summed E-state index contributed by atoms with van der Waals surface area (Å²) in [5.41, 5.74) is 2.54. The molecular weight excluding hydrogens is 352 g/mol. The Bertz CT molecular complexity index is 809. The monoisotopic (exact) mass is 380 g/mol. The van der Waals surface area contributed by atoms with Crippen molar-refractivity contribution >= 4 is 11.6 Å². The first-order valence-corrected chi connectivity index (χ1v) is 9.95. The second-order valence-electron chi connectivity index (χ2n) is 7.25. The van der Waals surface area contributed by atoms with E-state index in [-0.39, 0.29) is 0 Å². The van der Waals surface area contributed by atoms with Gasteiger partial charge in [-0.2, -0.15) is 0 Å². The molecule has 1 atom stereocenters. The van der Waals surface area contributed by atoms with Crippen molar-refractivity contribution in [3.05, 3.63) is 54.1 Å². The third-order valence-electron chi connectivity index (χ3n) is 5.33. The molecule has 4 rings (SSSR count). The number of ether oxygens (including phenoxy) is 2. The number of aliphatic imine (C=N–C) groups is 1. The van der Waals surface area contributed by atoms with Gasteiger partial charge in [0, 0.05) is 38.9 Å². The Morgan fingerprint density at radius 3 is 2.82 bits per heavy atom. The summed E-state index contributed by atoms with van der Waals surface area (Å²) in [6.45, 7) is 4.28. The number of benzene rings is 2. The summed E-state index contributed by atoms with van der Waals surface area (Å²) < 4.78 is 10.8. The molecule has 0 saturated carbocycles. The van der Waals surface area contributed by atoms with Crippen LogP contribution in [-0.4, -0.2) is 46.0 Å². The van der Waals surface area contributed by atoms with Crippen molar-refractivity contribution in [2.24, 2.45) is 10.9 Å². The number of nitrogens with one attached hydrogen (secondary N) is 2. The summed E-state index contributed by atoms with van der Waals surface area (Å²) in [6.07, 6.45) is 2.11. The maximum Gasteiger partial charge on any atom is 0.231 e. The van der Waals surface area contributed by atoms with Gasteiger partial charge in [-0.05, 0) is 48.6 Å². The first kappa shape index (κ1) is 18.5. The minimum absolute atomic E-state index is 0.316. The van der Waals surface area contributed by atoms with Gasteiger partial charge in [-0.15, -0.1) is 0 Å². The van der Waals surface area contributed by atoms with Crippen LogP contribution in [0.4, 0.5) is 5.69 Å². The van der Waals surface area contributed by atoms with Crippen LogP contribution in [-0.2, 0) is 6.42 Å².